The van der Waals surface area contributed by atoms with Crippen molar-refractivity contribution >= 4 is 5.91 Å². The van der Waals surface area contributed by atoms with E-state index in [0.29, 0.717) is 6.54 Å². The van der Waals surface area contributed by atoms with E-state index < -0.39 is 0 Å². The summed E-state index contributed by atoms with van der Waals surface area (Å²) in [7, 11) is 1.82. The van der Waals surface area contributed by atoms with Gasteiger partial charge in [-0.15, -0.1) is 0 Å². The summed E-state index contributed by atoms with van der Waals surface area (Å²) in [5.74, 6) is 2.02. The molecule has 0 aliphatic carbocycles. The molecule has 0 saturated heterocycles. The maximum atomic E-state index is 11.4. The number of benzene rings is 1. The number of rotatable bonds is 2. The minimum absolute atomic E-state index is 0.0678. The highest BCUT2D eigenvalue weighted by atomic mass is 16.5. The van der Waals surface area contributed by atoms with Crippen molar-refractivity contribution in [3.8, 4) is 11.5 Å². The van der Waals surface area contributed by atoms with Crippen LogP contribution in [-0.4, -0.2) is 31.1 Å². The Bertz CT molecular complexity index is 478. The number of fused-ring (bicyclic) bond motifs is 2. The third-order valence-electron chi connectivity index (χ3n) is 3.69. The Kier molecular flexibility index (Phi) is 2.65. The molecule has 2 heterocycles. The van der Waals surface area contributed by atoms with E-state index in [4.69, 9.17) is 9.47 Å². The van der Waals surface area contributed by atoms with E-state index in [9.17, 15) is 4.79 Å². The van der Waals surface area contributed by atoms with Crippen molar-refractivity contribution in [2.75, 3.05) is 20.3 Å². The molecule has 96 valence electrons. The zero-order valence-corrected chi connectivity index (χ0v) is 10.8. The Hall–Kier alpha value is -1.71. The van der Waals surface area contributed by atoms with Gasteiger partial charge in [0.25, 0.3) is 0 Å². The minimum atomic E-state index is 0.0678. The molecule has 0 N–H and O–H groups in total. The van der Waals surface area contributed by atoms with E-state index in [-0.39, 0.29) is 5.91 Å². The van der Waals surface area contributed by atoms with Crippen LogP contribution in [0.25, 0.3) is 0 Å². The number of hydrogen-bond acceptors (Lipinski definition) is 3. The molecule has 2 aliphatic heterocycles. The molecule has 3 rings (SSSR count). The quantitative estimate of drug-likeness (QED) is 0.795. The molecule has 0 atom stereocenters. The van der Waals surface area contributed by atoms with Gasteiger partial charge in [-0.05, 0) is 6.07 Å². The summed E-state index contributed by atoms with van der Waals surface area (Å²) in [6, 6.07) is 2.10. The zero-order valence-electron chi connectivity index (χ0n) is 10.8. The Morgan fingerprint density at radius 2 is 2.11 bits per heavy atom. The maximum absolute atomic E-state index is 11.4. The standard InChI is InChI=1S/C14H17NO3/c1-9(16)15(2)8-12-11-4-6-17-13(11)7-10-3-5-18-14(10)12/h7H,3-6,8H2,1-2H3. The van der Waals surface area contributed by atoms with Crippen LogP contribution >= 0.6 is 0 Å². The van der Waals surface area contributed by atoms with Gasteiger partial charge in [0.05, 0.1) is 13.2 Å². The zero-order chi connectivity index (χ0) is 12.7. The number of ether oxygens (including phenoxy) is 2. The molecule has 1 amide bonds. The number of carbonyl (C=O) groups is 1. The van der Waals surface area contributed by atoms with Crippen LogP contribution in [0, 0.1) is 0 Å². The lowest BCUT2D eigenvalue weighted by Crippen LogP contribution is -2.24. The Balaban J connectivity index is 2.04. The summed E-state index contributed by atoms with van der Waals surface area (Å²) in [5, 5.41) is 0. The Labute approximate surface area is 106 Å². The largest absolute Gasteiger partial charge is 0.493 e. The molecule has 0 aromatic heterocycles. The van der Waals surface area contributed by atoms with Crippen LogP contribution in [0.4, 0.5) is 0 Å². The lowest BCUT2D eigenvalue weighted by atomic mass is 9.99. The van der Waals surface area contributed by atoms with Gasteiger partial charge in [-0.3, -0.25) is 4.79 Å². The van der Waals surface area contributed by atoms with Crippen LogP contribution in [0.15, 0.2) is 6.07 Å². The first-order valence-electron chi connectivity index (χ1n) is 6.31. The normalized spacial score (nSPS) is 15.7. The van der Waals surface area contributed by atoms with Gasteiger partial charge in [0.2, 0.25) is 5.91 Å². The molecule has 2 aliphatic rings. The van der Waals surface area contributed by atoms with Gasteiger partial charge < -0.3 is 14.4 Å². The fourth-order valence-corrected chi connectivity index (χ4v) is 2.60. The second kappa shape index (κ2) is 4.19. The van der Waals surface area contributed by atoms with Crippen molar-refractivity contribution in [3.05, 3.63) is 22.8 Å². The molecule has 0 spiro atoms. The molecule has 0 radical (unpaired) electrons. The fourth-order valence-electron chi connectivity index (χ4n) is 2.60. The predicted octanol–water partition coefficient (Wildman–Crippen LogP) is 1.53. The summed E-state index contributed by atoms with van der Waals surface area (Å²) in [6.07, 6.45) is 1.84. The van der Waals surface area contributed by atoms with E-state index in [1.54, 1.807) is 11.8 Å². The third kappa shape index (κ3) is 1.72. The van der Waals surface area contributed by atoms with Crippen molar-refractivity contribution < 1.29 is 14.3 Å². The van der Waals surface area contributed by atoms with E-state index in [2.05, 4.69) is 6.07 Å². The van der Waals surface area contributed by atoms with Crippen molar-refractivity contribution in [3.63, 3.8) is 0 Å². The van der Waals surface area contributed by atoms with Gasteiger partial charge in [0.1, 0.15) is 11.5 Å². The number of amides is 1. The number of hydrogen-bond donors (Lipinski definition) is 0. The van der Waals surface area contributed by atoms with Crippen LogP contribution in [0.3, 0.4) is 0 Å². The summed E-state index contributed by atoms with van der Waals surface area (Å²) >= 11 is 0. The van der Waals surface area contributed by atoms with E-state index in [0.717, 1.165) is 43.1 Å². The highest BCUT2D eigenvalue weighted by Crippen LogP contribution is 2.40. The van der Waals surface area contributed by atoms with Gasteiger partial charge in [-0.2, -0.15) is 0 Å². The second-order valence-corrected chi connectivity index (χ2v) is 4.89. The molecule has 18 heavy (non-hydrogen) atoms. The van der Waals surface area contributed by atoms with Gasteiger partial charge >= 0.3 is 0 Å². The highest BCUT2D eigenvalue weighted by molar-refractivity contribution is 5.73. The first-order chi connectivity index (χ1) is 8.66. The summed E-state index contributed by atoms with van der Waals surface area (Å²) in [5.41, 5.74) is 3.56. The SMILES string of the molecule is CC(=O)N(C)Cc1c2c(cc3c1OCC3)OCC2. The lowest BCUT2D eigenvalue weighted by Gasteiger charge is -2.19. The van der Waals surface area contributed by atoms with Crippen LogP contribution in [-0.2, 0) is 24.2 Å². The van der Waals surface area contributed by atoms with Crippen molar-refractivity contribution in [1.29, 1.82) is 0 Å². The Morgan fingerprint density at radius 3 is 2.89 bits per heavy atom. The first-order valence-corrected chi connectivity index (χ1v) is 6.31. The molecule has 0 unspecified atom stereocenters. The molecular formula is C14H17NO3. The number of nitrogens with zero attached hydrogens (tertiary/aromatic N) is 1. The third-order valence-corrected chi connectivity index (χ3v) is 3.69. The molecule has 0 bridgehead atoms. The Morgan fingerprint density at radius 1 is 1.33 bits per heavy atom. The topological polar surface area (TPSA) is 38.8 Å². The average molecular weight is 247 g/mol. The minimum Gasteiger partial charge on any atom is -0.493 e. The molecule has 4 heteroatoms. The molecule has 1 aromatic rings. The monoisotopic (exact) mass is 247 g/mol. The van der Waals surface area contributed by atoms with Crippen LogP contribution in [0.1, 0.15) is 23.6 Å². The second-order valence-electron chi connectivity index (χ2n) is 4.89. The maximum Gasteiger partial charge on any atom is 0.219 e. The fraction of sp³-hybridized carbons (Fsp3) is 0.500. The molecular weight excluding hydrogens is 230 g/mol. The predicted molar refractivity (Wildman–Crippen MR) is 67.0 cm³/mol. The van der Waals surface area contributed by atoms with Gasteiger partial charge in [0, 0.05) is 50.0 Å². The lowest BCUT2D eigenvalue weighted by molar-refractivity contribution is -0.128. The van der Waals surface area contributed by atoms with Crippen LogP contribution in [0.2, 0.25) is 0 Å². The van der Waals surface area contributed by atoms with Gasteiger partial charge in [0.15, 0.2) is 0 Å². The van der Waals surface area contributed by atoms with E-state index in [1.165, 1.54) is 11.1 Å². The summed E-state index contributed by atoms with van der Waals surface area (Å²) in [4.78, 5) is 13.1. The summed E-state index contributed by atoms with van der Waals surface area (Å²) in [6.45, 7) is 3.65. The van der Waals surface area contributed by atoms with Crippen molar-refractivity contribution in [2.24, 2.45) is 0 Å². The average Bonchev–Trinajstić information content (AvgIpc) is 2.95. The smallest absolute Gasteiger partial charge is 0.219 e. The van der Waals surface area contributed by atoms with Crippen LogP contribution < -0.4 is 9.47 Å². The van der Waals surface area contributed by atoms with E-state index in [1.807, 2.05) is 7.05 Å². The van der Waals surface area contributed by atoms with E-state index >= 15 is 0 Å². The summed E-state index contributed by atoms with van der Waals surface area (Å²) < 4.78 is 11.4. The first kappa shape index (κ1) is 11.4. The number of carbonyl (C=O) groups excluding carboxylic acids is 1. The molecule has 1 aromatic carbocycles. The van der Waals surface area contributed by atoms with Crippen LogP contribution in [0.5, 0.6) is 11.5 Å². The highest BCUT2D eigenvalue weighted by Gasteiger charge is 2.27. The molecule has 0 saturated carbocycles. The van der Waals surface area contributed by atoms with Gasteiger partial charge in [-0.1, -0.05) is 0 Å². The van der Waals surface area contributed by atoms with Crippen molar-refractivity contribution in [1.82, 2.24) is 4.90 Å². The van der Waals surface area contributed by atoms with Crippen molar-refractivity contribution in [2.45, 2.75) is 26.3 Å². The van der Waals surface area contributed by atoms with Gasteiger partial charge in [-0.25, -0.2) is 0 Å². The molecule has 0 fully saturated rings. The molecule has 4 nitrogen and oxygen atoms in total.